The predicted molar refractivity (Wildman–Crippen MR) is 81.3 cm³/mol. The Bertz CT molecular complexity index is 673. The van der Waals surface area contributed by atoms with Gasteiger partial charge in [-0.25, -0.2) is 9.18 Å². The second kappa shape index (κ2) is 6.59. The van der Waals surface area contributed by atoms with Crippen molar-refractivity contribution < 1.29 is 13.9 Å². The number of nitrogens with one attached hydrogen (secondary N) is 1. The Morgan fingerprint density at radius 2 is 2.10 bits per heavy atom. The summed E-state index contributed by atoms with van der Waals surface area (Å²) in [6.07, 6.45) is 0. The molecule has 0 heterocycles. The van der Waals surface area contributed by atoms with E-state index < -0.39 is 11.8 Å². The molecule has 0 atom stereocenters. The molecule has 1 N–H and O–H groups in total. The van der Waals surface area contributed by atoms with Gasteiger partial charge in [-0.15, -0.1) is 0 Å². The molecule has 0 amide bonds. The van der Waals surface area contributed by atoms with Crippen LogP contribution in [0.25, 0.3) is 0 Å². The maximum Gasteiger partial charge on any atom is 0.340 e. The first-order chi connectivity index (χ1) is 10.0. The number of halogens is 2. The highest BCUT2D eigenvalue weighted by Crippen LogP contribution is 2.23. The van der Waals surface area contributed by atoms with E-state index in [9.17, 15) is 9.18 Å². The number of carbonyl (C=O) groups excluding carboxylic acids is 1. The normalized spacial score (nSPS) is 10.3. The molecule has 0 unspecified atom stereocenters. The van der Waals surface area contributed by atoms with E-state index in [0.29, 0.717) is 11.6 Å². The maximum absolute atomic E-state index is 13.8. The Morgan fingerprint density at radius 3 is 2.76 bits per heavy atom. The summed E-state index contributed by atoms with van der Waals surface area (Å²) in [5.74, 6) is -1.28. The fourth-order valence-corrected chi connectivity index (χ4v) is 2.11. The van der Waals surface area contributed by atoms with E-state index in [0.717, 1.165) is 16.8 Å². The number of rotatable bonds is 4. The highest BCUT2D eigenvalue weighted by Gasteiger charge is 2.12. The Hall–Kier alpha value is -2.07. The van der Waals surface area contributed by atoms with E-state index in [4.69, 9.17) is 11.6 Å². The summed E-state index contributed by atoms with van der Waals surface area (Å²) in [5, 5.41) is 3.87. The Morgan fingerprint density at radius 1 is 1.33 bits per heavy atom. The van der Waals surface area contributed by atoms with Crippen LogP contribution >= 0.6 is 11.6 Å². The number of esters is 1. The van der Waals surface area contributed by atoms with Gasteiger partial charge < -0.3 is 10.1 Å². The van der Waals surface area contributed by atoms with Crippen LogP contribution in [0.5, 0.6) is 0 Å². The van der Waals surface area contributed by atoms with Crippen LogP contribution in [-0.2, 0) is 11.3 Å². The number of hydrogen-bond acceptors (Lipinski definition) is 3. The Labute approximate surface area is 127 Å². The van der Waals surface area contributed by atoms with Crippen LogP contribution in [0, 0.1) is 12.7 Å². The van der Waals surface area contributed by atoms with E-state index in [1.54, 1.807) is 6.07 Å². The minimum atomic E-state index is -0.683. The molecule has 0 radical (unpaired) electrons. The zero-order valence-electron chi connectivity index (χ0n) is 11.7. The molecule has 3 nitrogen and oxygen atoms in total. The molecule has 0 spiro atoms. The average molecular weight is 308 g/mol. The molecule has 0 aliphatic carbocycles. The number of hydrogen-bond donors (Lipinski definition) is 1. The molecule has 110 valence electrons. The third-order valence-corrected chi connectivity index (χ3v) is 3.60. The molecule has 0 aliphatic heterocycles. The minimum Gasteiger partial charge on any atom is -0.465 e. The molecule has 21 heavy (non-hydrogen) atoms. The lowest BCUT2D eigenvalue weighted by molar-refractivity contribution is 0.0595. The standard InChI is InChI=1S/C16H15ClFNO2/c1-10-13(17)4-3-5-15(10)19-9-11-6-7-12(14(18)8-11)16(20)21-2/h3-8,19H,9H2,1-2H3. The number of anilines is 1. The summed E-state index contributed by atoms with van der Waals surface area (Å²) in [6, 6.07) is 9.98. The molecule has 2 aromatic carbocycles. The summed E-state index contributed by atoms with van der Waals surface area (Å²) in [5.41, 5.74) is 2.48. The van der Waals surface area contributed by atoms with Crippen molar-refractivity contribution in [2.24, 2.45) is 0 Å². The second-order valence-corrected chi connectivity index (χ2v) is 4.98. The third kappa shape index (κ3) is 3.52. The van der Waals surface area contributed by atoms with E-state index in [2.05, 4.69) is 10.1 Å². The highest BCUT2D eigenvalue weighted by molar-refractivity contribution is 6.31. The van der Waals surface area contributed by atoms with E-state index in [1.165, 1.54) is 19.2 Å². The van der Waals surface area contributed by atoms with Crippen molar-refractivity contribution in [3.63, 3.8) is 0 Å². The van der Waals surface area contributed by atoms with Crippen molar-refractivity contribution in [3.05, 3.63) is 63.9 Å². The van der Waals surface area contributed by atoms with Crippen LogP contribution in [0.15, 0.2) is 36.4 Å². The first-order valence-electron chi connectivity index (χ1n) is 6.38. The molecule has 0 saturated carbocycles. The van der Waals surface area contributed by atoms with E-state index in [-0.39, 0.29) is 5.56 Å². The fraction of sp³-hybridized carbons (Fsp3) is 0.188. The van der Waals surface area contributed by atoms with Crippen molar-refractivity contribution in [2.45, 2.75) is 13.5 Å². The van der Waals surface area contributed by atoms with E-state index in [1.807, 2.05) is 25.1 Å². The average Bonchev–Trinajstić information content (AvgIpc) is 2.48. The van der Waals surface area contributed by atoms with Crippen molar-refractivity contribution in [3.8, 4) is 0 Å². The lowest BCUT2D eigenvalue weighted by atomic mass is 10.1. The lowest BCUT2D eigenvalue weighted by Crippen LogP contribution is -2.06. The molecule has 0 bridgehead atoms. The summed E-state index contributed by atoms with van der Waals surface area (Å²) in [6.45, 7) is 2.34. The van der Waals surface area contributed by atoms with Crippen LogP contribution < -0.4 is 5.32 Å². The SMILES string of the molecule is COC(=O)c1ccc(CNc2cccc(Cl)c2C)cc1F. The lowest BCUT2D eigenvalue weighted by Gasteiger charge is -2.11. The number of benzene rings is 2. The summed E-state index contributed by atoms with van der Waals surface area (Å²) in [4.78, 5) is 11.3. The third-order valence-electron chi connectivity index (χ3n) is 3.19. The highest BCUT2D eigenvalue weighted by atomic mass is 35.5. The molecule has 2 aromatic rings. The van der Waals surface area contributed by atoms with E-state index >= 15 is 0 Å². The van der Waals surface area contributed by atoms with Gasteiger partial charge in [-0.05, 0) is 42.3 Å². The zero-order valence-corrected chi connectivity index (χ0v) is 12.5. The van der Waals surface area contributed by atoms with Gasteiger partial charge in [-0.1, -0.05) is 23.7 Å². The van der Waals surface area contributed by atoms with Gasteiger partial charge in [0.05, 0.1) is 12.7 Å². The van der Waals surface area contributed by atoms with Gasteiger partial charge in [-0.2, -0.15) is 0 Å². The topological polar surface area (TPSA) is 38.3 Å². The van der Waals surface area contributed by atoms with Crippen molar-refractivity contribution in [1.29, 1.82) is 0 Å². The van der Waals surface area contributed by atoms with Gasteiger partial charge in [0.15, 0.2) is 0 Å². The Balaban J connectivity index is 2.12. The van der Waals surface area contributed by atoms with Crippen molar-refractivity contribution in [2.75, 3.05) is 12.4 Å². The van der Waals surface area contributed by atoms with Crippen LogP contribution in [0.4, 0.5) is 10.1 Å². The van der Waals surface area contributed by atoms with Gasteiger partial charge in [0.25, 0.3) is 0 Å². The first kappa shape index (κ1) is 15.3. The molecular formula is C16H15ClFNO2. The summed E-state index contributed by atoms with van der Waals surface area (Å²) < 4.78 is 18.3. The number of ether oxygens (including phenoxy) is 1. The first-order valence-corrected chi connectivity index (χ1v) is 6.76. The van der Waals surface area contributed by atoms with Gasteiger partial charge in [-0.3, -0.25) is 0 Å². The van der Waals surface area contributed by atoms with Gasteiger partial charge in [0.1, 0.15) is 5.82 Å². The van der Waals surface area contributed by atoms with Crippen molar-refractivity contribution >= 4 is 23.3 Å². The van der Waals surface area contributed by atoms with Gasteiger partial charge in [0, 0.05) is 17.3 Å². The van der Waals surface area contributed by atoms with Crippen LogP contribution in [-0.4, -0.2) is 13.1 Å². The largest absolute Gasteiger partial charge is 0.465 e. The molecule has 0 saturated heterocycles. The molecular weight excluding hydrogens is 293 g/mol. The Kier molecular flexibility index (Phi) is 4.81. The molecule has 2 rings (SSSR count). The maximum atomic E-state index is 13.8. The summed E-state index contributed by atoms with van der Waals surface area (Å²) >= 11 is 6.04. The van der Waals surface area contributed by atoms with Crippen LogP contribution in [0.3, 0.4) is 0 Å². The molecule has 0 fully saturated rings. The minimum absolute atomic E-state index is 0.0693. The van der Waals surface area contributed by atoms with Crippen molar-refractivity contribution in [1.82, 2.24) is 0 Å². The molecule has 5 heteroatoms. The van der Waals surface area contributed by atoms with Crippen LogP contribution in [0.2, 0.25) is 5.02 Å². The second-order valence-electron chi connectivity index (χ2n) is 4.57. The quantitative estimate of drug-likeness (QED) is 0.861. The van der Waals surface area contributed by atoms with Gasteiger partial charge in [0.2, 0.25) is 0 Å². The molecule has 0 aromatic heterocycles. The number of carbonyl (C=O) groups is 1. The smallest absolute Gasteiger partial charge is 0.340 e. The zero-order chi connectivity index (χ0) is 15.4. The summed E-state index contributed by atoms with van der Waals surface area (Å²) in [7, 11) is 1.22. The monoisotopic (exact) mass is 307 g/mol. The predicted octanol–water partition coefficient (Wildman–Crippen LogP) is 4.19. The number of methoxy groups -OCH3 is 1. The van der Waals surface area contributed by atoms with Gasteiger partial charge >= 0.3 is 5.97 Å². The fourth-order valence-electron chi connectivity index (χ4n) is 1.94. The van der Waals surface area contributed by atoms with Crippen LogP contribution in [0.1, 0.15) is 21.5 Å². The molecule has 0 aliphatic rings.